The zero-order valence-electron chi connectivity index (χ0n) is 12.0. The van der Waals surface area contributed by atoms with Crippen LogP contribution in [-0.4, -0.2) is 43.7 Å². The molecule has 2 atom stereocenters. The Morgan fingerprint density at radius 2 is 2.00 bits per heavy atom. The molecule has 2 fully saturated rings. The SMILES string of the molecule is O=C1CCC2C(S(=O)(=O)c3cccc(C(F)(F)F)c3)NCCN12. The van der Waals surface area contributed by atoms with Crippen LogP contribution in [0.3, 0.4) is 0 Å². The quantitative estimate of drug-likeness (QED) is 0.877. The zero-order valence-corrected chi connectivity index (χ0v) is 12.8. The second-order valence-corrected chi connectivity index (χ2v) is 7.71. The molecule has 0 bridgehead atoms. The van der Waals surface area contributed by atoms with Crippen LogP contribution in [-0.2, 0) is 20.8 Å². The fraction of sp³-hybridized carbons (Fsp3) is 0.500. The number of halogens is 3. The van der Waals surface area contributed by atoms with E-state index < -0.39 is 33.0 Å². The van der Waals surface area contributed by atoms with E-state index in [9.17, 15) is 26.4 Å². The van der Waals surface area contributed by atoms with Gasteiger partial charge in [0.1, 0.15) is 5.37 Å². The lowest BCUT2D eigenvalue weighted by Gasteiger charge is -2.37. The van der Waals surface area contributed by atoms with Crippen LogP contribution in [0.15, 0.2) is 29.2 Å². The van der Waals surface area contributed by atoms with E-state index >= 15 is 0 Å². The number of carbonyl (C=O) groups is 1. The van der Waals surface area contributed by atoms with E-state index in [-0.39, 0.29) is 17.2 Å². The van der Waals surface area contributed by atoms with Crippen molar-refractivity contribution in [1.82, 2.24) is 10.2 Å². The highest BCUT2D eigenvalue weighted by Crippen LogP contribution is 2.33. The second-order valence-electron chi connectivity index (χ2n) is 5.64. The summed E-state index contributed by atoms with van der Waals surface area (Å²) in [6, 6.07) is 3.18. The van der Waals surface area contributed by atoms with E-state index in [0.717, 1.165) is 18.2 Å². The van der Waals surface area contributed by atoms with Crippen molar-refractivity contribution in [2.75, 3.05) is 13.1 Å². The molecular weight excluding hydrogens is 333 g/mol. The maximum atomic E-state index is 12.8. The molecule has 2 aliphatic rings. The number of alkyl halides is 3. The normalized spacial score (nSPS) is 25.5. The zero-order chi connectivity index (χ0) is 16.8. The van der Waals surface area contributed by atoms with Crippen LogP contribution in [0, 0.1) is 0 Å². The number of rotatable bonds is 2. The third-order valence-electron chi connectivity index (χ3n) is 4.25. The van der Waals surface area contributed by atoms with E-state index in [2.05, 4.69) is 5.32 Å². The van der Waals surface area contributed by atoms with Gasteiger partial charge in [-0.15, -0.1) is 0 Å². The van der Waals surface area contributed by atoms with Crippen molar-refractivity contribution in [1.29, 1.82) is 0 Å². The fourth-order valence-electron chi connectivity index (χ4n) is 3.14. The van der Waals surface area contributed by atoms with Gasteiger partial charge >= 0.3 is 6.18 Å². The number of fused-ring (bicyclic) bond motifs is 1. The Morgan fingerprint density at radius 3 is 2.70 bits per heavy atom. The monoisotopic (exact) mass is 348 g/mol. The van der Waals surface area contributed by atoms with Crippen molar-refractivity contribution >= 4 is 15.7 Å². The average molecular weight is 348 g/mol. The molecule has 0 spiro atoms. The van der Waals surface area contributed by atoms with E-state index in [0.29, 0.717) is 25.6 Å². The molecule has 1 aromatic carbocycles. The third-order valence-corrected chi connectivity index (χ3v) is 6.31. The van der Waals surface area contributed by atoms with Crippen LogP contribution in [0.2, 0.25) is 0 Å². The first-order chi connectivity index (χ1) is 10.7. The molecule has 1 amide bonds. The summed E-state index contributed by atoms with van der Waals surface area (Å²) in [4.78, 5) is 12.9. The molecule has 2 saturated heterocycles. The number of amides is 1. The van der Waals surface area contributed by atoms with Crippen molar-refractivity contribution in [3.05, 3.63) is 29.8 Å². The molecule has 3 rings (SSSR count). The predicted molar refractivity (Wildman–Crippen MR) is 75.2 cm³/mol. The molecule has 9 heteroatoms. The van der Waals surface area contributed by atoms with E-state index in [1.165, 1.54) is 4.90 Å². The smallest absolute Gasteiger partial charge is 0.336 e. The lowest BCUT2D eigenvalue weighted by Crippen LogP contribution is -2.59. The Balaban J connectivity index is 1.97. The third kappa shape index (κ3) is 2.83. The lowest BCUT2D eigenvalue weighted by atomic mass is 10.2. The van der Waals surface area contributed by atoms with Crippen LogP contribution in [0.5, 0.6) is 0 Å². The maximum Gasteiger partial charge on any atom is 0.416 e. The molecule has 1 N–H and O–H groups in total. The number of benzene rings is 1. The van der Waals surface area contributed by atoms with Crippen LogP contribution in [0.1, 0.15) is 18.4 Å². The Hall–Kier alpha value is -1.61. The predicted octanol–water partition coefficient (Wildman–Crippen LogP) is 1.40. The van der Waals surface area contributed by atoms with E-state index in [1.54, 1.807) is 0 Å². The van der Waals surface area contributed by atoms with Gasteiger partial charge in [0.2, 0.25) is 5.91 Å². The van der Waals surface area contributed by atoms with Gasteiger partial charge in [0.05, 0.1) is 16.5 Å². The molecule has 126 valence electrons. The van der Waals surface area contributed by atoms with Gasteiger partial charge in [0.15, 0.2) is 9.84 Å². The number of sulfone groups is 1. The summed E-state index contributed by atoms with van der Waals surface area (Å²) in [6.45, 7) is 0.712. The highest BCUT2D eigenvalue weighted by atomic mass is 32.2. The summed E-state index contributed by atoms with van der Waals surface area (Å²) >= 11 is 0. The van der Waals surface area contributed by atoms with Gasteiger partial charge in [-0.25, -0.2) is 8.42 Å². The highest BCUT2D eigenvalue weighted by Gasteiger charge is 2.45. The molecule has 0 radical (unpaired) electrons. The van der Waals surface area contributed by atoms with Crippen molar-refractivity contribution in [3.8, 4) is 0 Å². The van der Waals surface area contributed by atoms with Gasteiger partial charge in [-0.1, -0.05) is 6.07 Å². The second kappa shape index (κ2) is 5.48. The van der Waals surface area contributed by atoms with Crippen molar-refractivity contribution in [2.45, 2.75) is 35.3 Å². The number of piperazine rings is 1. The van der Waals surface area contributed by atoms with Crippen LogP contribution < -0.4 is 5.32 Å². The summed E-state index contributed by atoms with van der Waals surface area (Å²) < 4.78 is 63.9. The van der Waals surface area contributed by atoms with Crippen molar-refractivity contribution in [2.24, 2.45) is 0 Å². The molecule has 2 aliphatic heterocycles. The van der Waals surface area contributed by atoms with Crippen molar-refractivity contribution < 1.29 is 26.4 Å². The first-order valence-electron chi connectivity index (χ1n) is 7.15. The van der Waals surface area contributed by atoms with Gasteiger partial charge < -0.3 is 4.90 Å². The van der Waals surface area contributed by atoms with Gasteiger partial charge in [-0.05, 0) is 24.6 Å². The summed E-state index contributed by atoms with van der Waals surface area (Å²) in [6.07, 6.45) is -3.96. The van der Waals surface area contributed by atoms with Gasteiger partial charge in [0.25, 0.3) is 0 Å². The summed E-state index contributed by atoms with van der Waals surface area (Å²) in [5.41, 5.74) is -1.01. The molecule has 5 nitrogen and oxygen atoms in total. The standard InChI is InChI=1S/C14H15F3N2O3S/c15-14(16,17)9-2-1-3-10(8-9)23(21,22)13-11-4-5-12(20)19(11)7-6-18-13/h1-3,8,11,13,18H,4-7H2. The first-order valence-corrected chi connectivity index (χ1v) is 8.70. The van der Waals surface area contributed by atoms with Crippen LogP contribution in [0.25, 0.3) is 0 Å². The minimum absolute atomic E-state index is 0.110. The van der Waals surface area contributed by atoms with E-state index in [4.69, 9.17) is 0 Å². The van der Waals surface area contributed by atoms with Crippen LogP contribution in [0.4, 0.5) is 13.2 Å². The molecular formula is C14H15F3N2O3S. The molecule has 0 aliphatic carbocycles. The fourth-order valence-corrected chi connectivity index (χ4v) is 5.02. The number of nitrogens with one attached hydrogen (secondary N) is 1. The summed E-state index contributed by atoms with van der Waals surface area (Å²) in [5.74, 6) is -0.110. The topological polar surface area (TPSA) is 66.5 Å². The number of carbonyl (C=O) groups excluding carboxylic acids is 1. The number of nitrogens with zero attached hydrogens (tertiary/aromatic N) is 1. The minimum Gasteiger partial charge on any atom is -0.336 e. The first kappa shape index (κ1) is 16.3. The largest absolute Gasteiger partial charge is 0.416 e. The number of hydrogen-bond donors (Lipinski definition) is 1. The molecule has 2 unspecified atom stereocenters. The highest BCUT2D eigenvalue weighted by molar-refractivity contribution is 7.92. The Kier molecular flexibility index (Phi) is 3.88. The van der Waals surface area contributed by atoms with Gasteiger partial charge in [0, 0.05) is 19.5 Å². The molecule has 1 aromatic rings. The molecule has 2 heterocycles. The Morgan fingerprint density at radius 1 is 1.26 bits per heavy atom. The average Bonchev–Trinajstić information content (AvgIpc) is 2.88. The van der Waals surface area contributed by atoms with Crippen LogP contribution >= 0.6 is 0 Å². The maximum absolute atomic E-state index is 12.8. The summed E-state index contributed by atoms with van der Waals surface area (Å²) in [5, 5.41) is 1.77. The summed E-state index contributed by atoms with van der Waals surface area (Å²) in [7, 11) is -4.03. The Labute approximate surface area is 131 Å². The van der Waals surface area contributed by atoms with E-state index in [1.807, 2.05) is 0 Å². The minimum atomic E-state index is -4.61. The Bertz CT molecular complexity index is 733. The van der Waals surface area contributed by atoms with Gasteiger partial charge in [-0.3, -0.25) is 10.1 Å². The molecule has 0 saturated carbocycles. The molecule has 0 aromatic heterocycles. The molecule has 23 heavy (non-hydrogen) atoms. The number of hydrogen-bond acceptors (Lipinski definition) is 4. The van der Waals surface area contributed by atoms with Crippen molar-refractivity contribution in [3.63, 3.8) is 0 Å². The lowest BCUT2D eigenvalue weighted by molar-refractivity contribution is -0.137. The van der Waals surface area contributed by atoms with Gasteiger partial charge in [-0.2, -0.15) is 13.2 Å².